The van der Waals surface area contributed by atoms with Gasteiger partial charge < -0.3 is 14.2 Å². The van der Waals surface area contributed by atoms with Gasteiger partial charge in [-0.2, -0.15) is 0 Å². The fraction of sp³-hybridized carbons (Fsp3) is 0.694. The number of ether oxygens (including phenoxy) is 3. The summed E-state index contributed by atoms with van der Waals surface area (Å²) in [5, 5.41) is 0. The van der Waals surface area contributed by atoms with Gasteiger partial charge >= 0.3 is 17.9 Å². The molecule has 1 unspecified atom stereocenters. The van der Waals surface area contributed by atoms with E-state index in [1.54, 1.807) is 0 Å². The van der Waals surface area contributed by atoms with E-state index in [1.165, 1.54) is 128 Å². The zero-order valence-electron chi connectivity index (χ0n) is 44.3. The molecule has 388 valence electrons. The highest BCUT2D eigenvalue weighted by atomic mass is 16.6. The Morgan fingerprint density at radius 2 is 0.647 bits per heavy atom. The van der Waals surface area contributed by atoms with Crippen LogP contribution in [0.15, 0.2) is 97.2 Å². The minimum Gasteiger partial charge on any atom is -0.462 e. The first kappa shape index (κ1) is 64.3. The molecule has 0 spiro atoms. The highest BCUT2D eigenvalue weighted by Crippen LogP contribution is 2.15. The summed E-state index contributed by atoms with van der Waals surface area (Å²) in [6, 6.07) is 0. The summed E-state index contributed by atoms with van der Waals surface area (Å²) in [4.78, 5) is 38.1. The third-order valence-corrected chi connectivity index (χ3v) is 11.9. The Labute approximate surface area is 419 Å². The van der Waals surface area contributed by atoms with E-state index in [9.17, 15) is 14.4 Å². The molecule has 0 aliphatic carbocycles. The van der Waals surface area contributed by atoms with Gasteiger partial charge in [-0.1, -0.05) is 253 Å². The molecule has 1 atom stereocenters. The van der Waals surface area contributed by atoms with Gasteiger partial charge in [0.15, 0.2) is 6.10 Å². The Bertz CT molecular complexity index is 1360. The average molecular weight is 946 g/mol. The number of hydrogen-bond acceptors (Lipinski definition) is 6. The lowest BCUT2D eigenvalue weighted by Crippen LogP contribution is -2.30. The van der Waals surface area contributed by atoms with Gasteiger partial charge in [-0.3, -0.25) is 14.4 Å². The molecule has 0 rings (SSSR count). The Morgan fingerprint density at radius 3 is 1.07 bits per heavy atom. The molecule has 0 aromatic rings. The minimum atomic E-state index is -0.812. The molecular formula is C62H104O6. The lowest BCUT2D eigenvalue weighted by atomic mass is 10.0. The van der Waals surface area contributed by atoms with E-state index in [2.05, 4.69) is 112 Å². The van der Waals surface area contributed by atoms with Gasteiger partial charge in [-0.05, 0) is 83.5 Å². The number of allylic oxidation sites excluding steroid dienone is 16. The summed E-state index contributed by atoms with van der Waals surface area (Å²) in [6.45, 7) is 6.43. The normalized spacial score (nSPS) is 12.8. The van der Waals surface area contributed by atoms with Crippen molar-refractivity contribution in [3.05, 3.63) is 97.2 Å². The highest BCUT2D eigenvalue weighted by Gasteiger charge is 2.19. The fourth-order valence-electron chi connectivity index (χ4n) is 7.64. The number of esters is 3. The zero-order valence-corrected chi connectivity index (χ0v) is 44.3. The van der Waals surface area contributed by atoms with Gasteiger partial charge in [-0.25, -0.2) is 0 Å². The largest absolute Gasteiger partial charge is 0.462 e. The Hall–Kier alpha value is -3.67. The van der Waals surface area contributed by atoms with Crippen LogP contribution in [0, 0.1) is 0 Å². The highest BCUT2D eigenvalue weighted by molar-refractivity contribution is 5.71. The van der Waals surface area contributed by atoms with Crippen molar-refractivity contribution in [3.63, 3.8) is 0 Å². The van der Waals surface area contributed by atoms with Crippen molar-refractivity contribution < 1.29 is 28.6 Å². The van der Waals surface area contributed by atoms with Crippen molar-refractivity contribution in [2.45, 2.75) is 264 Å². The maximum atomic E-state index is 12.8. The number of unbranched alkanes of at least 4 members (excludes halogenated alkanes) is 24. The topological polar surface area (TPSA) is 78.9 Å². The second kappa shape index (κ2) is 55.9. The van der Waals surface area contributed by atoms with Crippen LogP contribution in [0.25, 0.3) is 0 Å². The molecule has 6 nitrogen and oxygen atoms in total. The first-order chi connectivity index (χ1) is 33.5. The fourth-order valence-corrected chi connectivity index (χ4v) is 7.64. The molecule has 0 aromatic heterocycles. The lowest BCUT2D eigenvalue weighted by Gasteiger charge is -2.18. The standard InChI is InChI=1S/C62H104O6/c1-4-7-10-13-16-19-22-25-28-30-31-32-35-37-40-43-46-49-52-55-61(64)67-58-59(57-66-60(63)54-51-48-45-42-39-36-33-27-24-21-18-15-12-9-6-3)68-62(65)56-53-50-47-44-41-38-34-29-26-23-20-17-14-11-8-5-2/h7,10,16,18-19,21,24-25,27-28,31-32,37,40,46,49,59H,4-6,8-9,11-15,17,20,22-23,26,29-30,33-36,38-39,41-45,47-48,50-58H2,1-3H3/b10-7-,19-16-,21-18-,27-24-,28-25-,32-31-,40-37-,49-46-. The predicted molar refractivity (Wildman–Crippen MR) is 293 cm³/mol. The SMILES string of the molecule is CC/C=C\C/C=C\C/C=C\C/C=C\C/C=C\C/C=C\CCC(=O)OCC(COC(=O)CCCCCCCC/C=C\C=C/CCCCC)OC(=O)CCCCCCCCCCCCCCCCCC. The van der Waals surface area contributed by atoms with Gasteiger partial charge in [0.2, 0.25) is 0 Å². The molecule has 0 N–H and O–H groups in total. The van der Waals surface area contributed by atoms with Crippen LogP contribution in [-0.4, -0.2) is 37.2 Å². The van der Waals surface area contributed by atoms with Crippen LogP contribution in [0.1, 0.15) is 258 Å². The predicted octanol–water partition coefficient (Wildman–Crippen LogP) is 18.9. The summed E-state index contributed by atoms with van der Waals surface area (Å²) in [7, 11) is 0. The molecule has 0 bridgehead atoms. The third-order valence-electron chi connectivity index (χ3n) is 11.9. The van der Waals surface area contributed by atoms with E-state index in [1.807, 2.05) is 6.08 Å². The third kappa shape index (κ3) is 53.3. The monoisotopic (exact) mass is 945 g/mol. The summed E-state index contributed by atoms with van der Waals surface area (Å²) in [5.41, 5.74) is 0. The van der Waals surface area contributed by atoms with Gasteiger partial charge in [0.25, 0.3) is 0 Å². The van der Waals surface area contributed by atoms with Gasteiger partial charge in [0, 0.05) is 19.3 Å². The van der Waals surface area contributed by atoms with Crippen LogP contribution in [0.4, 0.5) is 0 Å². The first-order valence-corrected chi connectivity index (χ1v) is 28.3. The second-order valence-corrected chi connectivity index (χ2v) is 18.5. The number of carbonyl (C=O) groups excluding carboxylic acids is 3. The van der Waals surface area contributed by atoms with Crippen molar-refractivity contribution in [2.24, 2.45) is 0 Å². The molecule has 0 aliphatic heterocycles. The minimum absolute atomic E-state index is 0.106. The number of hydrogen-bond donors (Lipinski definition) is 0. The van der Waals surface area contributed by atoms with Crippen LogP contribution in [0.2, 0.25) is 0 Å². The molecule has 0 fully saturated rings. The van der Waals surface area contributed by atoms with Gasteiger partial charge in [-0.15, -0.1) is 0 Å². The summed E-state index contributed by atoms with van der Waals surface area (Å²) in [5.74, 6) is -0.999. The molecule has 0 aromatic carbocycles. The van der Waals surface area contributed by atoms with E-state index in [0.717, 1.165) is 83.5 Å². The van der Waals surface area contributed by atoms with Crippen LogP contribution >= 0.6 is 0 Å². The molecule has 0 amide bonds. The van der Waals surface area contributed by atoms with Crippen molar-refractivity contribution >= 4 is 17.9 Å². The maximum absolute atomic E-state index is 12.8. The van der Waals surface area contributed by atoms with E-state index in [0.29, 0.717) is 19.3 Å². The van der Waals surface area contributed by atoms with Gasteiger partial charge in [0.1, 0.15) is 13.2 Å². The Balaban J connectivity index is 4.51. The van der Waals surface area contributed by atoms with Gasteiger partial charge in [0.05, 0.1) is 0 Å². The van der Waals surface area contributed by atoms with Crippen LogP contribution in [0.5, 0.6) is 0 Å². The zero-order chi connectivity index (χ0) is 49.3. The maximum Gasteiger partial charge on any atom is 0.306 e. The lowest BCUT2D eigenvalue weighted by molar-refractivity contribution is -0.166. The molecule has 0 saturated carbocycles. The van der Waals surface area contributed by atoms with E-state index in [-0.39, 0.29) is 37.5 Å². The molecule has 6 heteroatoms. The first-order valence-electron chi connectivity index (χ1n) is 28.3. The van der Waals surface area contributed by atoms with Crippen molar-refractivity contribution in [1.82, 2.24) is 0 Å². The number of carbonyl (C=O) groups is 3. The smallest absolute Gasteiger partial charge is 0.306 e. The summed E-state index contributed by atoms with van der Waals surface area (Å²) >= 11 is 0. The summed E-state index contributed by atoms with van der Waals surface area (Å²) in [6.07, 6.45) is 74.0. The second-order valence-electron chi connectivity index (χ2n) is 18.5. The number of rotatable bonds is 50. The van der Waals surface area contributed by atoms with Crippen molar-refractivity contribution in [1.29, 1.82) is 0 Å². The summed E-state index contributed by atoms with van der Waals surface area (Å²) < 4.78 is 16.8. The Kier molecular flexibility index (Phi) is 52.9. The van der Waals surface area contributed by atoms with Crippen LogP contribution in [0.3, 0.4) is 0 Å². The van der Waals surface area contributed by atoms with E-state index >= 15 is 0 Å². The van der Waals surface area contributed by atoms with E-state index in [4.69, 9.17) is 14.2 Å². The molecule has 0 radical (unpaired) electrons. The average Bonchev–Trinajstić information content (AvgIpc) is 3.34. The molecule has 0 aliphatic rings. The Morgan fingerprint density at radius 1 is 0.324 bits per heavy atom. The van der Waals surface area contributed by atoms with Crippen LogP contribution < -0.4 is 0 Å². The molecule has 0 saturated heterocycles. The molecule has 0 heterocycles. The van der Waals surface area contributed by atoms with Crippen molar-refractivity contribution in [2.75, 3.05) is 13.2 Å². The quantitative estimate of drug-likeness (QED) is 0.0199. The molecule has 68 heavy (non-hydrogen) atoms. The van der Waals surface area contributed by atoms with Crippen LogP contribution in [-0.2, 0) is 28.6 Å². The van der Waals surface area contributed by atoms with Crippen molar-refractivity contribution in [3.8, 4) is 0 Å². The van der Waals surface area contributed by atoms with E-state index < -0.39 is 6.10 Å². The molecular weight excluding hydrogens is 841 g/mol.